The van der Waals surface area contributed by atoms with E-state index < -0.39 is 15.1 Å². The molecule has 1 rings (SSSR count). The summed E-state index contributed by atoms with van der Waals surface area (Å²) >= 11 is 0. The van der Waals surface area contributed by atoms with Gasteiger partial charge < -0.3 is 5.73 Å². The smallest absolute Gasteiger partial charge is 0.181 e. The Balaban J connectivity index is 3.42. The van der Waals surface area contributed by atoms with Crippen LogP contribution in [0.25, 0.3) is 0 Å². The lowest BCUT2D eigenvalue weighted by Crippen LogP contribution is -2.15. The highest BCUT2D eigenvalue weighted by Gasteiger charge is 2.21. The predicted molar refractivity (Wildman–Crippen MR) is 57.9 cm³/mol. The maximum atomic E-state index is 11.8. The molecule has 0 heterocycles. The van der Waals surface area contributed by atoms with Crippen molar-refractivity contribution in [3.63, 3.8) is 0 Å². The topological polar surface area (TPSA) is 60.2 Å². The van der Waals surface area contributed by atoms with E-state index in [0.717, 1.165) is 0 Å². The lowest BCUT2D eigenvalue weighted by Gasteiger charge is -2.11. The van der Waals surface area contributed by atoms with E-state index in [-0.39, 0.29) is 0 Å². The molecule has 0 aliphatic rings. The summed E-state index contributed by atoms with van der Waals surface area (Å²) in [5.41, 5.74) is 6.81. The second kappa shape index (κ2) is 3.61. The monoisotopic (exact) mass is 213 g/mol. The van der Waals surface area contributed by atoms with E-state index in [2.05, 4.69) is 0 Å². The fraction of sp³-hybridized carbons (Fsp3) is 0.400. The molecule has 0 radical (unpaired) electrons. The molecular formula is C10H15NO2S. The standard InChI is InChI=1S/C10H15NO2S/c1-7(2)14(12,13)10-6-4-5-9(11)8(10)3/h4-7H,11H2,1-3H3. The van der Waals surface area contributed by atoms with E-state index in [1.54, 1.807) is 39.0 Å². The van der Waals surface area contributed by atoms with Gasteiger partial charge in [0.1, 0.15) is 0 Å². The van der Waals surface area contributed by atoms with Gasteiger partial charge in [0, 0.05) is 5.69 Å². The average molecular weight is 213 g/mol. The third-order valence-corrected chi connectivity index (χ3v) is 4.55. The summed E-state index contributed by atoms with van der Waals surface area (Å²) in [6.45, 7) is 5.06. The van der Waals surface area contributed by atoms with Gasteiger partial charge >= 0.3 is 0 Å². The molecule has 14 heavy (non-hydrogen) atoms. The molecule has 1 aromatic rings. The second-order valence-corrected chi connectivity index (χ2v) is 6.04. The zero-order valence-corrected chi connectivity index (χ0v) is 9.43. The number of sulfone groups is 1. The maximum Gasteiger partial charge on any atom is 0.181 e. The Hall–Kier alpha value is -1.03. The summed E-state index contributed by atoms with van der Waals surface area (Å²) in [6.07, 6.45) is 0. The predicted octanol–water partition coefficient (Wildman–Crippen LogP) is 1.76. The Morgan fingerprint density at radius 2 is 1.86 bits per heavy atom. The Bertz CT molecular complexity index is 435. The van der Waals surface area contributed by atoms with Crippen LogP contribution in [0.5, 0.6) is 0 Å². The molecule has 4 heteroatoms. The molecule has 0 bridgehead atoms. The van der Waals surface area contributed by atoms with Crippen molar-refractivity contribution in [3.05, 3.63) is 23.8 Å². The van der Waals surface area contributed by atoms with Crippen molar-refractivity contribution < 1.29 is 8.42 Å². The number of hydrogen-bond donors (Lipinski definition) is 1. The van der Waals surface area contributed by atoms with Gasteiger partial charge in [0.2, 0.25) is 0 Å². The van der Waals surface area contributed by atoms with Crippen molar-refractivity contribution in [3.8, 4) is 0 Å². The molecule has 0 saturated heterocycles. The molecule has 0 saturated carbocycles. The van der Waals surface area contributed by atoms with Crippen LogP contribution in [0.1, 0.15) is 19.4 Å². The van der Waals surface area contributed by atoms with E-state index in [1.165, 1.54) is 0 Å². The first-order valence-corrected chi connectivity index (χ1v) is 6.01. The van der Waals surface area contributed by atoms with Crippen LogP contribution in [0.4, 0.5) is 5.69 Å². The Morgan fingerprint density at radius 1 is 1.29 bits per heavy atom. The number of nitrogens with two attached hydrogens (primary N) is 1. The highest BCUT2D eigenvalue weighted by atomic mass is 32.2. The highest BCUT2D eigenvalue weighted by molar-refractivity contribution is 7.92. The molecule has 0 atom stereocenters. The summed E-state index contributed by atoms with van der Waals surface area (Å²) in [5.74, 6) is 0. The van der Waals surface area contributed by atoms with E-state index >= 15 is 0 Å². The van der Waals surface area contributed by atoms with Gasteiger partial charge in [-0.25, -0.2) is 8.42 Å². The Kier molecular flexibility index (Phi) is 2.85. The summed E-state index contributed by atoms with van der Waals surface area (Å²) < 4.78 is 23.7. The maximum absolute atomic E-state index is 11.8. The molecule has 78 valence electrons. The fourth-order valence-corrected chi connectivity index (χ4v) is 2.51. The summed E-state index contributed by atoms with van der Waals surface area (Å²) in [6, 6.07) is 4.97. The van der Waals surface area contributed by atoms with Gasteiger partial charge in [0.15, 0.2) is 9.84 Å². The van der Waals surface area contributed by atoms with Gasteiger partial charge in [-0.3, -0.25) is 0 Å². The van der Waals surface area contributed by atoms with Gasteiger partial charge in [0.25, 0.3) is 0 Å². The number of nitrogen functional groups attached to an aromatic ring is 1. The van der Waals surface area contributed by atoms with E-state index in [1.807, 2.05) is 0 Å². The first-order valence-electron chi connectivity index (χ1n) is 4.46. The third-order valence-electron chi connectivity index (χ3n) is 2.25. The van der Waals surface area contributed by atoms with Crippen LogP contribution in [0.2, 0.25) is 0 Å². The van der Waals surface area contributed by atoms with Crippen LogP contribution in [0.3, 0.4) is 0 Å². The zero-order valence-electron chi connectivity index (χ0n) is 8.61. The van der Waals surface area contributed by atoms with Crippen molar-refractivity contribution in [2.24, 2.45) is 0 Å². The van der Waals surface area contributed by atoms with Crippen LogP contribution in [0, 0.1) is 6.92 Å². The highest BCUT2D eigenvalue weighted by Crippen LogP contribution is 2.23. The lowest BCUT2D eigenvalue weighted by molar-refractivity contribution is 0.587. The summed E-state index contributed by atoms with van der Waals surface area (Å²) in [5, 5.41) is -0.414. The minimum atomic E-state index is -3.21. The van der Waals surface area contributed by atoms with Crippen LogP contribution in [-0.2, 0) is 9.84 Å². The molecule has 1 aromatic carbocycles. The third kappa shape index (κ3) is 1.75. The normalized spacial score (nSPS) is 12.0. The van der Waals surface area contributed by atoms with Crippen molar-refractivity contribution in [2.45, 2.75) is 30.9 Å². The minimum absolute atomic E-state index is 0.340. The van der Waals surface area contributed by atoms with Crippen molar-refractivity contribution in [2.75, 3.05) is 5.73 Å². The largest absolute Gasteiger partial charge is 0.398 e. The SMILES string of the molecule is Cc1c(N)cccc1S(=O)(=O)C(C)C. The van der Waals surface area contributed by atoms with Crippen molar-refractivity contribution in [1.29, 1.82) is 0 Å². The van der Waals surface area contributed by atoms with Crippen LogP contribution in [0.15, 0.2) is 23.1 Å². The van der Waals surface area contributed by atoms with E-state index in [9.17, 15) is 8.42 Å². The average Bonchev–Trinajstić information content (AvgIpc) is 2.09. The first-order chi connectivity index (χ1) is 6.37. The molecule has 0 fully saturated rings. The number of rotatable bonds is 2. The van der Waals surface area contributed by atoms with E-state index in [0.29, 0.717) is 16.1 Å². The zero-order chi connectivity index (χ0) is 10.9. The van der Waals surface area contributed by atoms with Crippen LogP contribution < -0.4 is 5.73 Å². The van der Waals surface area contributed by atoms with E-state index in [4.69, 9.17) is 5.73 Å². The molecule has 0 spiro atoms. The van der Waals surface area contributed by atoms with Crippen molar-refractivity contribution >= 4 is 15.5 Å². The van der Waals surface area contributed by atoms with Crippen LogP contribution in [-0.4, -0.2) is 13.7 Å². The number of benzene rings is 1. The lowest BCUT2D eigenvalue weighted by atomic mass is 10.2. The molecular weight excluding hydrogens is 198 g/mol. The van der Waals surface area contributed by atoms with Gasteiger partial charge in [-0.15, -0.1) is 0 Å². The Morgan fingerprint density at radius 3 is 2.36 bits per heavy atom. The minimum Gasteiger partial charge on any atom is -0.398 e. The second-order valence-electron chi connectivity index (χ2n) is 3.56. The number of hydrogen-bond acceptors (Lipinski definition) is 3. The fourth-order valence-electron chi connectivity index (χ4n) is 1.19. The number of anilines is 1. The van der Waals surface area contributed by atoms with Crippen molar-refractivity contribution in [1.82, 2.24) is 0 Å². The summed E-state index contributed by atoms with van der Waals surface area (Å²) in [4.78, 5) is 0.340. The Labute approximate surface area is 84.9 Å². The van der Waals surface area contributed by atoms with Gasteiger partial charge in [-0.2, -0.15) is 0 Å². The van der Waals surface area contributed by atoms with Gasteiger partial charge in [-0.1, -0.05) is 6.07 Å². The molecule has 0 unspecified atom stereocenters. The quantitative estimate of drug-likeness (QED) is 0.761. The van der Waals surface area contributed by atoms with Gasteiger partial charge in [-0.05, 0) is 38.5 Å². The van der Waals surface area contributed by atoms with Crippen LogP contribution >= 0.6 is 0 Å². The summed E-state index contributed by atoms with van der Waals surface area (Å²) in [7, 11) is -3.21. The molecule has 0 aliphatic heterocycles. The molecule has 0 amide bonds. The first kappa shape index (κ1) is 11.0. The molecule has 2 N–H and O–H groups in total. The molecule has 0 aromatic heterocycles. The molecule has 3 nitrogen and oxygen atoms in total. The van der Waals surface area contributed by atoms with Gasteiger partial charge in [0.05, 0.1) is 10.1 Å². The molecule has 0 aliphatic carbocycles.